The molecule has 0 radical (unpaired) electrons. The van der Waals surface area contributed by atoms with Crippen molar-refractivity contribution in [1.82, 2.24) is 39.4 Å². The molecule has 54 heavy (non-hydrogen) atoms. The van der Waals surface area contributed by atoms with E-state index in [0.29, 0.717) is 46.9 Å². The van der Waals surface area contributed by atoms with Gasteiger partial charge in [-0.3, -0.25) is 14.8 Å². The fraction of sp³-hybridized carbons (Fsp3) is 0.605. The van der Waals surface area contributed by atoms with Gasteiger partial charge < -0.3 is 18.6 Å². The molecule has 13 nitrogen and oxygen atoms in total. The Hall–Kier alpha value is -3.63. The summed E-state index contributed by atoms with van der Waals surface area (Å²) in [6.45, 7) is 21.4. The van der Waals surface area contributed by atoms with Crippen LogP contribution >= 0.6 is 11.6 Å². The first-order chi connectivity index (χ1) is 25.4. The second kappa shape index (κ2) is 14.5. The van der Waals surface area contributed by atoms with Crippen LogP contribution in [0.25, 0.3) is 16.8 Å². The van der Waals surface area contributed by atoms with Gasteiger partial charge in [0.15, 0.2) is 14.4 Å². The van der Waals surface area contributed by atoms with Crippen LogP contribution in [0.4, 0.5) is 9.18 Å². The lowest BCUT2D eigenvalue weighted by atomic mass is 9.84. The molecule has 0 spiro atoms. The predicted molar refractivity (Wildman–Crippen MR) is 205 cm³/mol. The molecule has 2 saturated heterocycles. The van der Waals surface area contributed by atoms with Crippen LogP contribution in [0.3, 0.4) is 0 Å². The second-order valence-electron chi connectivity index (χ2n) is 17.4. The SMILES string of the molecule is Cc1c(-c2cc(O[C@H](CO[Si](C)(C)C(C)(C)C)c3ccc(F)cn3)c3c(Cl)cnn3c2)nnn1C1CC(N2C[C@H]3COC[C@H](C2)N3C(=O)OC(C)(C)C)C1. The number of carbonyl (C=O) groups excluding carboxylic acids is 1. The van der Waals surface area contributed by atoms with Crippen molar-refractivity contribution in [2.45, 2.75) is 115 Å². The Morgan fingerprint density at radius 3 is 2.39 bits per heavy atom. The molecule has 0 N–H and O–H groups in total. The lowest BCUT2D eigenvalue weighted by Gasteiger charge is -2.53. The van der Waals surface area contributed by atoms with E-state index in [0.717, 1.165) is 37.2 Å². The van der Waals surface area contributed by atoms with E-state index in [2.05, 4.69) is 59.2 Å². The maximum absolute atomic E-state index is 13.9. The van der Waals surface area contributed by atoms with E-state index in [1.807, 2.05) is 49.5 Å². The normalized spacial score (nSPS) is 23.0. The highest BCUT2D eigenvalue weighted by Gasteiger charge is 2.47. The molecule has 6 heterocycles. The van der Waals surface area contributed by atoms with Crippen molar-refractivity contribution in [3.63, 3.8) is 0 Å². The second-order valence-corrected chi connectivity index (χ2v) is 22.6. The lowest BCUT2D eigenvalue weighted by molar-refractivity contribution is -0.113. The number of nitrogens with zero attached hydrogens (tertiary/aromatic N) is 8. The number of fused-ring (bicyclic) bond motifs is 3. The monoisotopic (exact) mass is 782 g/mol. The van der Waals surface area contributed by atoms with Gasteiger partial charge in [0.2, 0.25) is 0 Å². The van der Waals surface area contributed by atoms with E-state index in [-0.39, 0.29) is 35.9 Å². The minimum atomic E-state index is -2.17. The molecule has 2 aliphatic heterocycles. The number of ether oxygens (including phenoxy) is 3. The standard InChI is InChI=1S/C38H52ClFN8O5Si/c1-23-34(43-44-48(23)27-13-26(14-27)45-18-28-20-50-21-29(19-45)47(28)36(49)53-37(2,3)4)24-12-32(35-30(39)16-42-46(35)17-24)52-33(31-11-10-25(40)15-41-31)22-51-54(8,9)38(5,6)7/h10-12,15-17,26-29,33H,13-14,18-22H2,1-9H3/t26?,27?,28-,29-,33+/m0/s1. The number of hydrogen-bond donors (Lipinski definition) is 0. The number of carbonyl (C=O) groups is 1. The number of pyridine rings is 2. The van der Waals surface area contributed by atoms with E-state index in [9.17, 15) is 9.18 Å². The van der Waals surface area contributed by atoms with Gasteiger partial charge in [0.1, 0.15) is 28.4 Å². The summed E-state index contributed by atoms with van der Waals surface area (Å²) >= 11 is 6.68. The maximum Gasteiger partial charge on any atom is 0.411 e. The Morgan fingerprint density at radius 1 is 1.06 bits per heavy atom. The fourth-order valence-electron chi connectivity index (χ4n) is 7.30. The fourth-order valence-corrected chi connectivity index (χ4v) is 8.52. The van der Waals surface area contributed by atoms with Gasteiger partial charge in [0, 0.05) is 30.9 Å². The summed E-state index contributed by atoms with van der Waals surface area (Å²) < 4.78 is 42.6. The summed E-state index contributed by atoms with van der Waals surface area (Å²) in [7, 11) is -2.17. The summed E-state index contributed by atoms with van der Waals surface area (Å²) in [4.78, 5) is 21.8. The molecular weight excluding hydrogens is 731 g/mol. The number of aromatic nitrogens is 6. The highest BCUT2D eigenvalue weighted by atomic mass is 35.5. The topological polar surface area (TPSA) is 121 Å². The molecule has 4 aromatic rings. The molecule has 2 bridgehead atoms. The highest BCUT2D eigenvalue weighted by molar-refractivity contribution is 6.74. The number of piperazine rings is 1. The Kier molecular flexibility index (Phi) is 10.3. The van der Waals surface area contributed by atoms with Crippen LogP contribution in [0.15, 0.2) is 36.8 Å². The summed E-state index contributed by atoms with van der Waals surface area (Å²) in [6, 6.07) is 5.39. The van der Waals surface area contributed by atoms with Crippen molar-refractivity contribution in [2.75, 3.05) is 32.9 Å². The Balaban J connectivity index is 1.09. The van der Waals surface area contributed by atoms with Crippen molar-refractivity contribution < 1.29 is 27.8 Å². The first-order valence-electron chi connectivity index (χ1n) is 18.7. The van der Waals surface area contributed by atoms with Gasteiger partial charge in [-0.05, 0) is 76.9 Å². The summed E-state index contributed by atoms with van der Waals surface area (Å²) in [5, 5.41) is 14.2. The third-order valence-electron chi connectivity index (χ3n) is 11.3. The predicted octanol–water partition coefficient (Wildman–Crippen LogP) is 7.25. The highest BCUT2D eigenvalue weighted by Crippen LogP contribution is 2.42. The lowest BCUT2D eigenvalue weighted by Crippen LogP contribution is -2.68. The zero-order valence-corrected chi connectivity index (χ0v) is 34.4. The van der Waals surface area contributed by atoms with Gasteiger partial charge in [0.25, 0.3) is 0 Å². The van der Waals surface area contributed by atoms with Crippen LogP contribution in [0.1, 0.15) is 77.9 Å². The van der Waals surface area contributed by atoms with Gasteiger partial charge in [-0.2, -0.15) is 5.10 Å². The number of rotatable bonds is 9. The molecule has 3 fully saturated rings. The molecule has 16 heteroatoms. The molecule has 1 amide bonds. The van der Waals surface area contributed by atoms with Crippen molar-refractivity contribution in [3.8, 4) is 17.0 Å². The number of hydrogen-bond acceptors (Lipinski definition) is 10. The minimum Gasteiger partial charge on any atom is -0.479 e. The molecule has 1 aliphatic carbocycles. The van der Waals surface area contributed by atoms with Crippen molar-refractivity contribution in [2.24, 2.45) is 0 Å². The third kappa shape index (κ3) is 7.75. The number of halogens is 2. The molecule has 4 aromatic heterocycles. The summed E-state index contributed by atoms with van der Waals surface area (Å²) in [5.41, 5.74) is 2.99. The van der Waals surface area contributed by atoms with E-state index < -0.39 is 25.8 Å². The number of morpholine rings is 1. The van der Waals surface area contributed by atoms with Crippen LogP contribution in [-0.4, -0.2) is 110 Å². The van der Waals surface area contributed by atoms with Crippen LogP contribution in [0.5, 0.6) is 5.75 Å². The average molecular weight is 783 g/mol. The molecular formula is C38H52ClFN8O5Si. The molecule has 7 rings (SSSR count). The minimum absolute atomic E-state index is 0.0236. The van der Waals surface area contributed by atoms with E-state index in [1.54, 1.807) is 16.8 Å². The Morgan fingerprint density at radius 2 is 1.76 bits per heavy atom. The largest absolute Gasteiger partial charge is 0.479 e. The zero-order chi connectivity index (χ0) is 38.7. The first kappa shape index (κ1) is 38.6. The van der Waals surface area contributed by atoms with Crippen LogP contribution in [0.2, 0.25) is 23.2 Å². The molecule has 1 saturated carbocycles. The van der Waals surface area contributed by atoms with Crippen molar-refractivity contribution in [3.05, 3.63) is 59.0 Å². The Bertz CT molecular complexity index is 1970. The molecule has 0 aromatic carbocycles. The van der Waals surface area contributed by atoms with E-state index in [4.69, 9.17) is 30.2 Å². The molecule has 3 aliphatic rings. The molecule has 3 atom stereocenters. The molecule has 292 valence electrons. The maximum atomic E-state index is 13.9. The third-order valence-corrected chi connectivity index (χ3v) is 16.1. The van der Waals surface area contributed by atoms with E-state index >= 15 is 0 Å². The Labute approximate surface area is 322 Å². The average Bonchev–Trinajstić information content (AvgIpc) is 3.62. The smallest absolute Gasteiger partial charge is 0.411 e. The quantitative estimate of drug-likeness (QED) is 0.161. The van der Waals surface area contributed by atoms with Gasteiger partial charge in [-0.1, -0.05) is 37.6 Å². The van der Waals surface area contributed by atoms with Crippen LogP contribution in [-0.2, 0) is 13.9 Å². The van der Waals surface area contributed by atoms with Gasteiger partial charge in [0.05, 0.1) is 66.8 Å². The van der Waals surface area contributed by atoms with Crippen molar-refractivity contribution in [1.29, 1.82) is 0 Å². The molecule has 0 unspecified atom stereocenters. The van der Waals surface area contributed by atoms with Crippen LogP contribution < -0.4 is 4.74 Å². The zero-order valence-electron chi connectivity index (χ0n) is 32.7. The van der Waals surface area contributed by atoms with E-state index in [1.165, 1.54) is 12.3 Å². The van der Waals surface area contributed by atoms with Crippen molar-refractivity contribution >= 4 is 31.5 Å². The van der Waals surface area contributed by atoms with Gasteiger partial charge in [-0.15, -0.1) is 5.10 Å². The number of amides is 1. The van der Waals surface area contributed by atoms with Gasteiger partial charge in [-0.25, -0.2) is 18.4 Å². The summed E-state index contributed by atoms with van der Waals surface area (Å²) in [6.07, 6.45) is 5.59. The van der Waals surface area contributed by atoms with Gasteiger partial charge >= 0.3 is 6.09 Å². The first-order valence-corrected chi connectivity index (χ1v) is 22.0. The van der Waals surface area contributed by atoms with Crippen LogP contribution in [0, 0.1) is 12.7 Å². The summed E-state index contributed by atoms with van der Waals surface area (Å²) in [5.74, 6) is 0.0444.